The Morgan fingerprint density at radius 3 is 2.62 bits per heavy atom. The Morgan fingerprint density at radius 2 is 1.95 bits per heavy atom. The molecule has 0 bridgehead atoms. The van der Waals surface area contributed by atoms with E-state index in [1.807, 2.05) is 19.9 Å². The highest BCUT2D eigenvalue weighted by Gasteiger charge is 2.08. The van der Waals surface area contributed by atoms with Crippen LogP contribution in [0.3, 0.4) is 0 Å². The van der Waals surface area contributed by atoms with Gasteiger partial charge in [-0.25, -0.2) is 4.39 Å². The lowest BCUT2D eigenvalue weighted by Crippen LogP contribution is -2.19. The summed E-state index contributed by atoms with van der Waals surface area (Å²) >= 11 is 0. The largest absolute Gasteiger partial charge is 0.476 e. The van der Waals surface area contributed by atoms with Gasteiger partial charge >= 0.3 is 0 Å². The quantitative estimate of drug-likeness (QED) is 0.857. The van der Waals surface area contributed by atoms with Gasteiger partial charge in [-0.1, -0.05) is 12.1 Å². The smallest absolute Gasteiger partial charge is 0.239 e. The van der Waals surface area contributed by atoms with E-state index >= 15 is 0 Å². The first kappa shape index (κ1) is 15.1. The van der Waals surface area contributed by atoms with E-state index in [-0.39, 0.29) is 11.9 Å². The van der Waals surface area contributed by atoms with Crippen molar-refractivity contribution in [2.45, 2.75) is 26.3 Å². The summed E-state index contributed by atoms with van der Waals surface area (Å²) in [6.45, 7) is 4.45. The molecule has 3 N–H and O–H groups in total. The van der Waals surface area contributed by atoms with Crippen molar-refractivity contribution < 1.29 is 9.13 Å². The zero-order valence-electron chi connectivity index (χ0n) is 12.3. The zero-order chi connectivity index (χ0) is 15.2. The molecule has 5 heteroatoms. The fourth-order valence-electron chi connectivity index (χ4n) is 2.06. The molecular weight excluding hydrogens is 269 g/mol. The van der Waals surface area contributed by atoms with Crippen LogP contribution in [0.2, 0.25) is 0 Å². The number of ether oxygens (including phenoxy) is 1. The molecule has 0 aliphatic heterocycles. The Morgan fingerprint density at radius 1 is 1.24 bits per heavy atom. The third kappa shape index (κ3) is 4.34. The Labute approximate surface area is 124 Å². The van der Waals surface area contributed by atoms with Gasteiger partial charge in [-0.15, -0.1) is 0 Å². The summed E-state index contributed by atoms with van der Waals surface area (Å²) in [5.74, 6) is 0.930. The maximum absolute atomic E-state index is 12.9. The van der Waals surface area contributed by atoms with Gasteiger partial charge in [0.05, 0.1) is 12.3 Å². The lowest BCUT2D eigenvalue weighted by Gasteiger charge is -2.16. The fraction of sp³-hybridized carbons (Fsp3) is 0.312. The number of halogens is 1. The standard InChI is InChI=1S/C16H20FN3O/c1-3-21-16-14(18)8-9-15(20-16)19-11(2)10-12-4-6-13(17)7-5-12/h4-9,11H,3,10,18H2,1-2H3,(H,19,20). The average molecular weight is 289 g/mol. The molecule has 1 unspecified atom stereocenters. The summed E-state index contributed by atoms with van der Waals surface area (Å²) in [6, 6.07) is 10.3. The summed E-state index contributed by atoms with van der Waals surface area (Å²) in [5, 5.41) is 3.29. The Kier molecular flexibility index (Phi) is 4.98. The number of pyridine rings is 1. The first-order valence-electron chi connectivity index (χ1n) is 6.98. The maximum atomic E-state index is 12.9. The molecule has 0 aliphatic carbocycles. The van der Waals surface area contributed by atoms with Gasteiger partial charge in [-0.05, 0) is 50.1 Å². The summed E-state index contributed by atoms with van der Waals surface area (Å²) in [6.07, 6.45) is 0.774. The molecule has 0 fully saturated rings. The number of rotatable bonds is 6. The third-order valence-electron chi connectivity index (χ3n) is 3.02. The van der Waals surface area contributed by atoms with E-state index in [1.54, 1.807) is 18.2 Å². The van der Waals surface area contributed by atoms with E-state index in [1.165, 1.54) is 12.1 Å². The molecule has 1 atom stereocenters. The number of anilines is 2. The van der Waals surface area contributed by atoms with E-state index in [9.17, 15) is 4.39 Å². The first-order valence-corrected chi connectivity index (χ1v) is 6.98. The molecule has 2 rings (SSSR count). The van der Waals surface area contributed by atoms with Gasteiger partial charge in [0.15, 0.2) is 0 Å². The highest BCUT2D eigenvalue weighted by molar-refractivity contribution is 5.53. The number of nitrogens with zero attached hydrogens (tertiary/aromatic N) is 1. The normalized spacial score (nSPS) is 12.0. The van der Waals surface area contributed by atoms with Crippen molar-refractivity contribution in [2.24, 2.45) is 0 Å². The lowest BCUT2D eigenvalue weighted by molar-refractivity contribution is 0.329. The predicted molar refractivity (Wildman–Crippen MR) is 83.0 cm³/mol. The molecule has 0 spiro atoms. The van der Waals surface area contributed by atoms with Crippen molar-refractivity contribution in [3.05, 3.63) is 47.8 Å². The summed E-state index contributed by atoms with van der Waals surface area (Å²) in [5.41, 5.74) is 7.38. The van der Waals surface area contributed by atoms with Crippen molar-refractivity contribution in [3.63, 3.8) is 0 Å². The van der Waals surface area contributed by atoms with Crippen LogP contribution in [0.4, 0.5) is 15.9 Å². The van der Waals surface area contributed by atoms with Crippen LogP contribution >= 0.6 is 0 Å². The van der Waals surface area contributed by atoms with Crippen LogP contribution in [0.25, 0.3) is 0 Å². The van der Waals surface area contributed by atoms with E-state index in [0.717, 1.165) is 12.0 Å². The second-order valence-corrected chi connectivity index (χ2v) is 4.90. The Hall–Kier alpha value is -2.30. The van der Waals surface area contributed by atoms with Crippen LogP contribution in [0, 0.1) is 5.82 Å². The SMILES string of the molecule is CCOc1nc(NC(C)Cc2ccc(F)cc2)ccc1N. The molecule has 1 aromatic carbocycles. The Bertz CT molecular complexity index is 587. The first-order chi connectivity index (χ1) is 10.1. The summed E-state index contributed by atoms with van der Waals surface area (Å²) in [7, 11) is 0. The van der Waals surface area contributed by atoms with E-state index < -0.39 is 0 Å². The van der Waals surface area contributed by atoms with Gasteiger partial charge in [0.2, 0.25) is 5.88 Å². The molecule has 1 aromatic heterocycles. The van der Waals surface area contributed by atoms with Crippen molar-refractivity contribution in [2.75, 3.05) is 17.7 Å². The Balaban J connectivity index is 2.00. The van der Waals surface area contributed by atoms with Gasteiger partial charge in [-0.2, -0.15) is 4.98 Å². The molecule has 2 aromatic rings. The molecule has 112 valence electrons. The molecule has 4 nitrogen and oxygen atoms in total. The van der Waals surface area contributed by atoms with Gasteiger partial charge in [0.25, 0.3) is 0 Å². The molecule has 0 amide bonds. The topological polar surface area (TPSA) is 60.2 Å². The van der Waals surface area contributed by atoms with Crippen LogP contribution in [-0.4, -0.2) is 17.6 Å². The van der Waals surface area contributed by atoms with Crippen molar-refractivity contribution >= 4 is 11.5 Å². The minimum Gasteiger partial charge on any atom is -0.476 e. The van der Waals surface area contributed by atoms with Crippen molar-refractivity contribution in [1.29, 1.82) is 0 Å². The van der Waals surface area contributed by atoms with Crippen molar-refractivity contribution in [3.8, 4) is 5.88 Å². The predicted octanol–water partition coefficient (Wildman–Crippen LogP) is 3.24. The van der Waals surface area contributed by atoms with Gasteiger partial charge in [0.1, 0.15) is 11.6 Å². The second kappa shape index (κ2) is 6.92. The van der Waals surface area contributed by atoms with Crippen LogP contribution in [0.15, 0.2) is 36.4 Å². The van der Waals surface area contributed by atoms with Crippen LogP contribution in [0.5, 0.6) is 5.88 Å². The minimum atomic E-state index is -0.221. The second-order valence-electron chi connectivity index (χ2n) is 4.90. The number of hydrogen-bond acceptors (Lipinski definition) is 4. The summed E-state index contributed by atoms with van der Waals surface area (Å²) in [4.78, 5) is 4.34. The molecule has 21 heavy (non-hydrogen) atoms. The number of nitrogens with two attached hydrogens (primary N) is 1. The van der Waals surface area contributed by atoms with E-state index in [4.69, 9.17) is 10.5 Å². The number of nitrogens with one attached hydrogen (secondary N) is 1. The van der Waals surface area contributed by atoms with Gasteiger partial charge in [0, 0.05) is 6.04 Å². The minimum absolute atomic E-state index is 0.154. The third-order valence-corrected chi connectivity index (χ3v) is 3.02. The zero-order valence-corrected chi connectivity index (χ0v) is 12.3. The monoisotopic (exact) mass is 289 g/mol. The average Bonchev–Trinajstić information content (AvgIpc) is 2.45. The molecule has 0 radical (unpaired) electrons. The molecule has 0 saturated heterocycles. The van der Waals surface area contributed by atoms with Crippen molar-refractivity contribution in [1.82, 2.24) is 4.98 Å². The van der Waals surface area contributed by atoms with Gasteiger partial charge in [-0.3, -0.25) is 0 Å². The fourth-order valence-corrected chi connectivity index (χ4v) is 2.06. The van der Waals surface area contributed by atoms with Crippen LogP contribution in [0.1, 0.15) is 19.4 Å². The summed E-state index contributed by atoms with van der Waals surface area (Å²) < 4.78 is 18.2. The number of nitrogen functional groups attached to an aromatic ring is 1. The van der Waals surface area contributed by atoms with Crippen LogP contribution < -0.4 is 15.8 Å². The van der Waals surface area contributed by atoms with E-state index in [2.05, 4.69) is 10.3 Å². The van der Waals surface area contributed by atoms with E-state index in [0.29, 0.717) is 24.0 Å². The number of aromatic nitrogens is 1. The molecular formula is C16H20FN3O. The maximum Gasteiger partial charge on any atom is 0.239 e. The highest BCUT2D eigenvalue weighted by Crippen LogP contribution is 2.21. The molecule has 1 heterocycles. The number of hydrogen-bond donors (Lipinski definition) is 2. The highest BCUT2D eigenvalue weighted by atomic mass is 19.1. The van der Waals surface area contributed by atoms with Crippen LogP contribution in [-0.2, 0) is 6.42 Å². The lowest BCUT2D eigenvalue weighted by atomic mass is 10.1. The molecule has 0 aliphatic rings. The van der Waals surface area contributed by atoms with Gasteiger partial charge < -0.3 is 15.8 Å². The number of benzene rings is 1. The molecule has 0 saturated carbocycles.